The molecule has 1 rings (SSSR count). The molecule has 5 nitrogen and oxygen atoms in total. The number of ether oxygens (including phenoxy) is 1. The van der Waals surface area contributed by atoms with Crippen LogP contribution in [0.25, 0.3) is 0 Å². The first-order valence-electron chi connectivity index (χ1n) is 6.60. The Morgan fingerprint density at radius 2 is 2.06 bits per heavy atom. The molecule has 2 N–H and O–H groups in total. The maximum atomic E-state index is 12.0. The van der Waals surface area contributed by atoms with Crippen LogP contribution in [0.2, 0.25) is 0 Å². The van der Waals surface area contributed by atoms with Gasteiger partial charge in [-0.1, -0.05) is 6.92 Å². The highest BCUT2D eigenvalue weighted by Gasteiger charge is 2.27. The smallest absolute Gasteiger partial charge is 0.153 e. The van der Waals surface area contributed by atoms with Crippen LogP contribution in [0.15, 0.2) is 0 Å². The molecule has 1 saturated heterocycles. The molecule has 2 atom stereocenters. The summed E-state index contributed by atoms with van der Waals surface area (Å²) in [6.07, 6.45) is -0.198. The molecule has 0 aromatic carbocycles. The van der Waals surface area contributed by atoms with Crippen LogP contribution < -0.4 is 5.73 Å². The van der Waals surface area contributed by atoms with Gasteiger partial charge in [0.2, 0.25) is 0 Å². The number of nitrogens with zero attached hydrogens (tertiary/aromatic N) is 1. The zero-order valence-electron chi connectivity index (χ0n) is 11.6. The van der Waals surface area contributed by atoms with E-state index in [-0.39, 0.29) is 23.5 Å². The first kappa shape index (κ1) is 15.9. The van der Waals surface area contributed by atoms with Crippen LogP contribution in [0.1, 0.15) is 20.8 Å². The fourth-order valence-electron chi connectivity index (χ4n) is 2.16. The summed E-state index contributed by atoms with van der Waals surface area (Å²) in [6, 6.07) is 0.432. The van der Waals surface area contributed by atoms with Gasteiger partial charge in [-0.2, -0.15) is 0 Å². The Labute approximate surface area is 111 Å². The average molecular weight is 278 g/mol. The van der Waals surface area contributed by atoms with E-state index < -0.39 is 9.84 Å². The SMILES string of the molecule is CC(CN)CS(=O)(=O)CC1CN(C(C)C)CCO1. The van der Waals surface area contributed by atoms with Crippen LogP contribution in [-0.2, 0) is 14.6 Å². The lowest BCUT2D eigenvalue weighted by Crippen LogP contribution is -2.48. The normalized spacial score (nSPS) is 24.4. The van der Waals surface area contributed by atoms with E-state index in [9.17, 15) is 8.42 Å². The molecule has 2 unspecified atom stereocenters. The van der Waals surface area contributed by atoms with Gasteiger partial charge in [-0.15, -0.1) is 0 Å². The van der Waals surface area contributed by atoms with Gasteiger partial charge >= 0.3 is 0 Å². The van der Waals surface area contributed by atoms with Gasteiger partial charge in [0, 0.05) is 19.1 Å². The van der Waals surface area contributed by atoms with Crippen molar-refractivity contribution in [2.45, 2.75) is 32.9 Å². The van der Waals surface area contributed by atoms with Gasteiger partial charge in [-0.05, 0) is 26.3 Å². The number of nitrogens with two attached hydrogens (primary N) is 1. The number of hydrogen-bond acceptors (Lipinski definition) is 5. The van der Waals surface area contributed by atoms with Gasteiger partial charge < -0.3 is 10.5 Å². The second kappa shape index (κ2) is 6.84. The molecule has 0 amide bonds. The molecule has 0 bridgehead atoms. The van der Waals surface area contributed by atoms with Crippen molar-refractivity contribution < 1.29 is 13.2 Å². The lowest BCUT2D eigenvalue weighted by atomic mass is 10.2. The summed E-state index contributed by atoms with van der Waals surface area (Å²) >= 11 is 0. The highest BCUT2D eigenvalue weighted by atomic mass is 32.2. The van der Waals surface area contributed by atoms with Gasteiger partial charge in [0.15, 0.2) is 9.84 Å². The van der Waals surface area contributed by atoms with Crippen LogP contribution in [0.4, 0.5) is 0 Å². The molecule has 0 radical (unpaired) electrons. The van der Waals surface area contributed by atoms with Crippen molar-refractivity contribution in [3.05, 3.63) is 0 Å². The van der Waals surface area contributed by atoms with Crippen LogP contribution in [0, 0.1) is 5.92 Å². The van der Waals surface area contributed by atoms with Gasteiger partial charge in [-0.25, -0.2) is 8.42 Å². The third-order valence-corrected chi connectivity index (χ3v) is 5.24. The van der Waals surface area contributed by atoms with Gasteiger partial charge in [-0.3, -0.25) is 4.90 Å². The number of morpholine rings is 1. The van der Waals surface area contributed by atoms with E-state index in [0.29, 0.717) is 25.7 Å². The average Bonchev–Trinajstić information content (AvgIpc) is 2.27. The van der Waals surface area contributed by atoms with Crippen LogP contribution in [-0.4, -0.2) is 63.2 Å². The molecule has 0 aromatic heterocycles. The van der Waals surface area contributed by atoms with Crippen molar-refractivity contribution in [2.24, 2.45) is 11.7 Å². The molecule has 1 fully saturated rings. The quantitative estimate of drug-likeness (QED) is 0.746. The molecular formula is C12H26N2O3S. The Kier molecular flexibility index (Phi) is 6.04. The maximum Gasteiger partial charge on any atom is 0.153 e. The zero-order valence-corrected chi connectivity index (χ0v) is 12.4. The highest BCUT2D eigenvalue weighted by Crippen LogP contribution is 2.12. The van der Waals surface area contributed by atoms with E-state index in [1.165, 1.54) is 0 Å². The van der Waals surface area contributed by atoms with Crippen molar-refractivity contribution >= 4 is 9.84 Å². The van der Waals surface area contributed by atoms with Crippen molar-refractivity contribution in [1.82, 2.24) is 4.90 Å². The predicted octanol–water partition coefficient (Wildman–Crippen LogP) is 0.105. The van der Waals surface area contributed by atoms with E-state index in [1.807, 2.05) is 6.92 Å². The third kappa shape index (κ3) is 5.22. The topological polar surface area (TPSA) is 72.6 Å². The van der Waals surface area contributed by atoms with E-state index in [4.69, 9.17) is 10.5 Å². The van der Waals surface area contributed by atoms with Gasteiger partial charge in [0.25, 0.3) is 0 Å². The van der Waals surface area contributed by atoms with Crippen LogP contribution >= 0.6 is 0 Å². The van der Waals surface area contributed by atoms with E-state index >= 15 is 0 Å². The van der Waals surface area contributed by atoms with Crippen molar-refractivity contribution in [3.8, 4) is 0 Å². The molecule has 0 aliphatic carbocycles. The summed E-state index contributed by atoms with van der Waals surface area (Å²) < 4.78 is 29.5. The summed E-state index contributed by atoms with van der Waals surface area (Å²) in [5.41, 5.74) is 5.47. The summed E-state index contributed by atoms with van der Waals surface area (Å²) in [5, 5.41) is 0. The second-order valence-electron chi connectivity index (χ2n) is 5.50. The summed E-state index contributed by atoms with van der Waals surface area (Å²) in [4.78, 5) is 2.26. The first-order chi connectivity index (χ1) is 8.34. The standard InChI is InChI=1S/C12H26N2O3S/c1-10(2)14-4-5-17-12(7-14)9-18(15,16)8-11(3)6-13/h10-12H,4-9,13H2,1-3H3. The second-order valence-corrected chi connectivity index (χ2v) is 7.65. The molecule has 0 spiro atoms. The fraction of sp³-hybridized carbons (Fsp3) is 1.00. The molecule has 18 heavy (non-hydrogen) atoms. The van der Waals surface area contributed by atoms with Crippen molar-refractivity contribution in [3.63, 3.8) is 0 Å². The Hall–Kier alpha value is -0.170. The molecule has 6 heteroatoms. The lowest BCUT2D eigenvalue weighted by molar-refractivity contribution is -0.0272. The zero-order chi connectivity index (χ0) is 13.8. The number of hydrogen-bond donors (Lipinski definition) is 1. The van der Waals surface area contributed by atoms with E-state index in [0.717, 1.165) is 6.54 Å². The Balaban J connectivity index is 2.51. The van der Waals surface area contributed by atoms with Gasteiger partial charge in [0.05, 0.1) is 24.2 Å². The predicted molar refractivity (Wildman–Crippen MR) is 73.3 cm³/mol. The summed E-state index contributed by atoms with van der Waals surface area (Å²) in [7, 11) is -3.07. The minimum atomic E-state index is -3.07. The number of rotatable bonds is 6. The summed E-state index contributed by atoms with van der Waals surface area (Å²) in [5.74, 6) is 0.283. The molecule has 0 saturated carbocycles. The Morgan fingerprint density at radius 1 is 1.39 bits per heavy atom. The molecule has 1 heterocycles. The minimum absolute atomic E-state index is 0.0137. The molecule has 0 aromatic rings. The highest BCUT2D eigenvalue weighted by molar-refractivity contribution is 7.91. The van der Waals surface area contributed by atoms with Crippen LogP contribution in [0.3, 0.4) is 0 Å². The van der Waals surface area contributed by atoms with E-state index in [1.54, 1.807) is 0 Å². The first-order valence-corrected chi connectivity index (χ1v) is 8.42. The lowest BCUT2D eigenvalue weighted by Gasteiger charge is -2.35. The van der Waals surface area contributed by atoms with Crippen molar-refractivity contribution in [1.29, 1.82) is 0 Å². The molecule has 1 aliphatic rings. The summed E-state index contributed by atoms with van der Waals surface area (Å²) in [6.45, 7) is 8.70. The van der Waals surface area contributed by atoms with Crippen LogP contribution in [0.5, 0.6) is 0 Å². The largest absolute Gasteiger partial charge is 0.374 e. The monoisotopic (exact) mass is 278 g/mol. The fourth-order valence-corrected chi connectivity index (χ4v) is 4.07. The Morgan fingerprint density at radius 3 is 2.61 bits per heavy atom. The third-order valence-electron chi connectivity index (χ3n) is 3.28. The maximum absolute atomic E-state index is 12.0. The van der Waals surface area contributed by atoms with Crippen molar-refractivity contribution in [2.75, 3.05) is 37.7 Å². The van der Waals surface area contributed by atoms with Gasteiger partial charge in [0.1, 0.15) is 0 Å². The molecular weight excluding hydrogens is 252 g/mol. The number of sulfone groups is 1. The molecule has 108 valence electrons. The Bertz CT molecular complexity index is 343. The minimum Gasteiger partial charge on any atom is -0.374 e. The molecule has 1 aliphatic heterocycles. The van der Waals surface area contributed by atoms with E-state index in [2.05, 4.69) is 18.7 Å².